The predicted octanol–water partition coefficient (Wildman–Crippen LogP) is 1.02. The molecule has 1 amide bonds. The van der Waals surface area contributed by atoms with Crippen LogP contribution in [0.1, 0.15) is 23.7 Å². The number of hydrogen-bond donors (Lipinski definition) is 2. The second kappa shape index (κ2) is 8.99. The van der Waals surface area contributed by atoms with Crippen LogP contribution in [-0.4, -0.2) is 45.4 Å². The number of nitrogen functional groups attached to an aromatic ring is 1. The van der Waals surface area contributed by atoms with Gasteiger partial charge in [0, 0.05) is 18.9 Å². The summed E-state index contributed by atoms with van der Waals surface area (Å²) in [5.41, 5.74) is 5.44. The van der Waals surface area contributed by atoms with Crippen molar-refractivity contribution in [2.75, 3.05) is 24.8 Å². The predicted molar refractivity (Wildman–Crippen MR) is 109 cm³/mol. The van der Waals surface area contributed by atoms with E-state index >= 15 is 0 Å². The van der Waals surface area contributed by atoms with Crippen molar-refractivity contribution >= 4 is 35.0 Å². The van der Waals surface area contributed by atoms with Gasteiger partial charge in [0.05, 0.1) is 18.1 Å². The molecule has 0 bridgehead atoms. The summed E-state index contributed by atoms with van der Waals surface area (Å²) in [7, 11) is 1.39. The lowest BCUT2D eigenvalue weighted by molar-refractivity contribution is -0.109. The summed E-state index contributed by atoms with van der Waals surface area (Å²) in [6.45, 7) is 2.05. The van der Waals surface area contributed by atoms with E-state index in [1.807, 2.05) is 6.92 Å². The lowest BCUT2D eigenvalue weighted by Crippen LogP contribution is -2.27. The van der Waals surface area contributed by atoms with Crippen molar-refractivity contribution in [1.82, 2.24) is 19.5 Å². The SMILES string of the molecule is CCCn1c(NC(=O)c2cnc(N)nc2)nc2c(OC)c(OCC=O)ccc2c1=O. The van der Waals surface area contributed by atoms with Crippen molar-refractivity contribution in [3.63, 3.8) is 0 Å². The molecular weight excluding hydrogens is 392 g/mol. The van der Waals surface area contributed by atoms with Gasteiger partial charge in [-0.05, 0) is 18.6 Å². The Morgan fingerprint density at radius 3 is 2.67 bits per heavy atom. The first-order chi connectivity index (χ1) is 14.5. The van der Waals surface area contributed by atoms with E-state index in [4.69, 9.17) is 15.2 Å². The first kappa shape index (κ1) is 20.7. The number of carbonyl (C=O) groups is 2. The minimum atomic E-state index is -0.557. The Bertz CT molecular complexity index is 1140. The molecule has 0 aliphatic rings. The van der Waals surface area contributed by atoms with E-state index in [0.717, 1.165) is 0 Å². The Hall–Kier alpha value is -4.02. The van der Waals surface area contributed by atoms with Crippen LogP contribution in [0.25, 0.3) is 10.9 Å². The number of amides is 1. The average Bonchev–Trinajstić information content (AvgIpc) is 2.74. The molecule has 3 aromatic rings. The fourth-order valence-electron chi connectivity index (χ4n) is 2.83. The molecule has 0 spiro atoms. The zero-order chi connectivity index (χ0) is 21.7. The summed E-state index contributed by atoms with van der Waals surface area (Å²) in [5.74, 6) is -0.0610. The molecule has 3 rings (SSSR count). The smallest absolute Gasteiger partial charge is 0.262 e. The Labute approximate surface area is 170 Å². The number of fused-ring (bicyclic) bond motifs is 1. The number of nitrogens with one attached hydrogen (secondary N) is 1. The molecule has 2 aromatic heterocycles. The van der Waals surface area contributed by atoms with Gasteiger partial charge in [-0.2, -0.15) is 0 Å². The van der Waals surface area contributed by atoms with E-state index in [0.29, 0.717) is 19.3 Å². The molecule has 1 aromatic carbocycles. The van der Waals surface area contributed by atoms with Gasteiger partial charge in [-0.3, -0.25) is 24.3 Å². The largest absolute Gasteiger partial charge is 0.491 e. The van der Waals surface area contributed by atoms with Crippen LogP contribution in [0.4, 0.5) is 11.9 Å². The summed E-state index contributed by atoms with van der Waals surface area (Å²) in [6.07, 6.45) is 3.77. The number of aromatic nitrogens is 4. The van der Waals surface area contributed by atoms with Gasteiger partial charge in [0.1, 0.15) is 12.1 Å². The van der Waals surface area contributed by atoms with Crippen LogP contribution in [-0.2, 0) is 11.3 Å². The van der Waals surface area contributed by atoms with E-state index in [9.17, 15) is 14.4 Å². The molecule has 0 radical (unpaired) electrons. The van der Waals surface area contributed by atoms with Gasteiger partial charge >= 0.3 is 0 Å². The van der Waals surface area contributed by atoms with E-state index in [-0.39, 0.29) is 52.0 Å². The van der Waals surface area contributed by atoms with Gasteiger partial charge < -0.3 is 15.2 Å². The van der Waals surface area contributed by atoms with Crippen LogP contribution in [0.3, 0.4) is 0 Å². The number of aldehydes is 1. The van der Waals surface area contributed by atoms with Crippen molar-refractivity contribution in [2.45, 2.75) is 19.9 Å². The molecule has 0 atom stereocenters. The first-order valence-electron chi connectivity index (χ1n) is 9.07. The number of nitrogens with zero attached hydrogens (tertiary/aromatic N) is 4. The third-order valence-corrected chi connectivity index (χ3v) is 4.16. The van der Waals surface area contributed by atoms with E-state index in [1.54, 1.807) is 6.07 Å². The normalized spacial score (nSPS) is 10.6. The zero-order valence-electron chi connectivity index (χ0n) is 16.4. The van der Waals surface area contributed by atoms with Crippen LogP contribution in [0.15, 0.2) is 29.3 Å². The minimum Gasteiger partial charge on any atom is -0.491 e. The number of rotatable bonds is 8. The molecule has 0 saturated carbocycles. The van der Waals surface area contributed by atoms with Crippen molar-refractivity contribution in [3.8, 4) is 11.5 Å². The van der Waals surface area contributed by atoms with Gasteiger partial charge in [-0.15, -0.1) is 0 Å². The van der Waals surface area contributed by atoms with Crippen LogP contribution < -0.4 is 26.1 Å². The number of ether oxygens (including phenoxy) is 2. The third kappa shape index (κ3) is 4.04. The molecule has 3 N–H and O–H groups in total. The summed E-state index contributed by atoms with van der Waals surface area (Å²) < 4.78 is 12.1. The maximum absolute atomic E-state index is 13.1. The standard InChI is InChI=1S/C19H20N6O5/c1-3-6-25-17(28)12-4-5-13(30-8-7-26)15(29-2)14(12)23-19(25)24-16(27)11-9-21-18(20)22-10-11/h4-5,7,9-10H,3,6,8H2,1-2H3,(H2,20,21,22)(H,23,24,27). The fraction of sp³-hybridized carbons (Fsp3) is 0.263. The number of benzene rings is 1. The maximum atomic E-state index is 13.1. The van der Waals surface area contributed by atoms with Gasteiger partial charge in [0.25, 0.3) is 11.5 Å². The van der Waals surface area contributed by atoms with Crippen LogP contribution in [0.2, 0.25) is 0 Å². The molecule has 11 nitrogen and oxygen atoms in total. The second-order valence-corrected chi connectivity index (χ2v) is 6.15. The lowest BCUT2D eigenvalue weighted by atomic mass is 10.2. The second-order valence-electron chi connectivity index (χ2n) is 6.15. The summed E-state index contributed by atoms with van der Waals surface area (Å²) in [4.78, 5) is 48.4. The average molecular weight is 412 g/mol. The van der Waals surface area contributed by atoms with Gasteiger partial charge in [-0.1, -0.05) is 6.92 Å². The molecule has 11 heteroatoms. The number of methoxy groups -OCH3 is 1. The Morgan fingerprint density at radius 1 is 1.30 bits per heavy atom. The van der Waals surface area contributed by atoms with Crippen molar-refractivity contribution < 1.29 is 19.1 Å². The minimum absolute atomic E-state index is 0.0296. The van der Waals surface area contributed by atoms with Crippen LogP contribution in [0, 0.1) is 0 Å². The zero-order valence-corrected chi connectivity index (χ0v) is 16.4. The fourth-order valence-corrected chi connectivity index (χ4v) is 2.83. The number of hydrogen-bond acceptors (Lipinski definition) is 9. The van der Waals surface area contributed by atoms with Crippen molar-refractivity contribution in [3.05, 3.63) is 40.4 Å². The molecular formula is C19H20N6O5. The van der Waals surface area contributed by atoms with Crippen molar-refractivity contribution in [1.29, 1.82) is 0 Å². The lowest BCUT2D eigenvalue weighted by Gasteiger charge is -2.16. The Balaban J connectivity index is 2.14. The summed E-state index contributed by atoms with van der Waals surface area (Å²) in [6, 6.07) is 3.08. The number of anilines is 2. The first-order valence-corrected chi connectivity index (χ1v) is 9.07. The molecule has 156 valence electrons. The molecule has 0 fully saturated rings. The van der Waals surface area contributed by atoms with Crippen LogP contribution >= 0.6 is 0 Å². The molecule has 30 heavy (non-hydrogen) atoms. The highest BCUT2D eigenvalue weighted by Gasteiger charge is 2.19. The molecule has 2 heterocycles. The highest BCUT2D eigenvalue weighted by molar-refractivity contribution is 6.03. The number of carbonyl (C=O) groups excluding carboxylic acids is 2. The van der Waals surface area contributed by atoms with E-state index < -0.39 is 5.91 Å². The van der Waals surface area contributed by atoms with Crippen molar-refractivity contribution in [2.24, 2.45) is 0 Å². The highest BCUT2D eigenvalue weighted by atomic mass is 16.5. The summed E-state index contributed by atoms with van der Waals surface area (Å²) >= 11 is 0. The van der Waals surface area contributed by atoms with Gasteiger partial charge in [-0.25, -0.2) is 15.0 Å². The highest BCUT2D eigenvalue weighted by Crippen LogP contribution is 2.33. The van der Waals surface area contributed by atoms with E-state index in [2.05, 4.69) is 20.3 Å². The Kier molecular flexibility index (Phi) is 6.20. The molecule has 0 saturated heterocycles. The Morgan fingerprint density at radius 2 is 2.03 bits per heavy atom. The monoisotopic (exact) mass is 412 g/mol. The quantitative estimate of drug-likeness (QED) is 0.516. The summed E-state index contributed by atoms with van der Waals surface area (Å²) in [5, 5.41) is 2.90. The molecule has 0 aliphatic carbocycles. The molecule has 0 aliphatic heterocycles. The van der Waals surface area contributed by atoms with Gasteiger partial charge in [0.2, 0.25) is 11.9 Å². The third-order valence-electron chi connectivity index (χ3n) is 4.16. The van der Waals surface area contributed by atoms with Crippen LogP contribution in [0.5, 0.6) is 11.5 Å². The molecule has 0 unspecified atom stereocenters. The topological polar surface area (TPSA) is 151 Å². The number of nitrogens with two attached hydrogens (primary N) is 1. The maximum Gasteiger partial charge on any atom is 0.262 e. The van der Waals surface area contributed by atoms with Gasteiger partial charge in [0.15, 0.2) is 17.8 Å². The van der Waals surface area contributed by atoms with E-state index in [1.165, 1.54) is 30.1 Å².